The van der Waals surface area contributed by atoms with Crippen LogP contribution in [0.3, 0.4) is 0 Å². The van der Waals surface area contributed by atoms with E-state index in [0.717, 1.165) is 0 Å². The molecule has 0 nitrogen and oxygen atoms in total. The van der Waals surface area contributed by atoms with Crippen molar-refractivity contribution >= 4 is 23.1 Å². The van der Waals surface area contributed by atoms with Crippen molar-refractivity contribution in [2.45, 2.75) is 0 Å². The fraction of sp³-hybridized carbons (Fsp3) is 0. The van der Waals surface area contributed by atoms with Gasteiger partial charge in [-0.05, 0) is 0 Å². The van der Waals surface area contributed by atoms with Gasteiger partial charge in [-0.15, -0.1) is 0 Å². The Morgan fingerprint density at radius 2 is 1.00 bits per heavy atom. The van der Waals surface area contributed by atoms with Gasteiger partial charge < -0.3 is 0 Å². The van der Waals surface area contributed by atoms with Crippen LogP contribution in [-0.4, -0.2) is 23.1 Å². The molecule has 0 atom stereocenters. The molecule has 0 aromatic rings. The zero-order chi connectivity index (χ0) is 0. The van der Waals surface area contributed by atoms with E-state index in [1.165, 1.54) is 0 Å². The van der Waals surface area contributed by atoms with Crippen LogP contribution in [0.1, 0.15) is 0 Å². The van der Waals surface area contributed by atoms with Crippen molar-refractivity contribution in [2.75, 3.05) is 0 Å². The number of hydrogen-bond acceptors (Lipinski definition) is 0. The quantitative estimate of drug-likeness (QED) is 0.449. The van der Waals surface area contributed by atoms with E-state index in [9.17, 15) is 0 Å². The Balaban J connectivity index is 0. The fourth-order valence-electron chi connectivity index (χ4n) is 0. The van der Waals surface area contributed by atoms with Gasteiger partial charge in [-0.2, -0.15) is 0 Å². The molecule has 0 aliphatic heterocycles. The third kappa shape index (κ3) is 17.7. The average Bonchev–Trinajstić information content (AvgIpc) is 0. The largest absolute Gasteiger partial charge is 0.316 e. The van der Waals surface area contributed by atoms with Crippen LogP contribution in [0.5, 0.6) is 0 Å². The molecule has 0 amide bonds. The van der Waals surface area contributed by atoms with Crippen molar-refractivity contribution in [3.05, 3.63) is 0 Å². The van der Waals surface area contributed by atoms with Gasteiger partial charge in [-0.1, -0.05) is 0 Å². The van der Waals surface area contributed by atoms with Gasteiger partial charge in [-0.25, -0.2) is 0 Å². The molecule has 0 aliphatic carbocycles. The zero-order valence-electron chi connectivity index (χ0n) is 2.28. The molecule has 0 saturated heterocycles. The second-order valence-electron chi connectivity index (χ2n) is 0. The molecule has 5 heavy (non-hydrogen) atoms. The minimum atomic E-state index is 0. The van der Waals surface area contributed by atoms with Crippen molar-refractivity contribution < 1.29 is 119 Å². The molecule has 5 heteroatoms. The monoisotopic (exact) mass is 411 g/mol. The SMILES string of the molecule is [MgH2].[Nd].[Y].[Zn].[Zr]. The standard InChI is InChI=1S/Mg.Nd.Y.Zn.Zr.2H. The van der Waals surface area contributed by atoms with Gasteiger partial charge in [0.25, 0.3) is 0 Å². The van der Waals surface area contributed by atoms with Crippen LogP contribution in [0.15, 0.2) is 0 Å². The molecular formula is H2MgNdYZnZr. The molecule has 1 radical (unpaired) electrons. The van der Waals surface area contributed by atoms with Crippen LogP contribution in [0.4, 0.5) is 0 Å². The Hall–Kier alpha value is 4.73. The second-order valence-corrected chi connectivity index (χ2v) is 0. The number of hydrogen-bond donors (Lipinski definition) is 0. The zero-order valence-corrected chi connectivity index (χ0v) is 13.8. The topological polar surface area (TPSA) is 0 Å². The van der Waals surface area contributed by atoms with Crippen molar-refractivity contribution in [3.63, 3.8) is 0 Å². The van der Waals surface area contributed by atoms with Crippen molar-refractivity contribution in [2.24, 2.45) is 0 Å². The summed E-state index contributed by atoms with van der Waals surface area (Å²) in [6.45, 7) is 0. The van der Waals surface area contributed by atoms with Crippen molar-refractivity contribution in [1.82, 2.24) is 0 Å². The molecule has 0 saturated carbocycles. The molecule has 0 aromatic carbocycles. The maximum Gasteiger partial charge on any atom is 0.316 e. The van der Waals surface area contributed by atoms with Gasteiger partial charge in [0, 0.05) is 119 Å². The van der Waals surface area contributed by atoms with E-state index in [1.807, 2.05) is 0 Å². The predicted octanol–water partition coefficient (Wildman–Crippen LogP) is -0.924. The molecule has 0 spiro atoms. The van der Waals surface area contributed by atoms with E-state index in [-0.39, 0.29) is 142 Å². The second kappa shape index (κ2) is 23.3. The summed E-state index contributed by atoms with van der Waals surface area (Å²) in [7, 11) is 0. The van der Waals surface area contributed by atoms with Gasteiger partial charge in [0.05, 0.1) is 0 Å². The Labute approximate surface area is 138 Å². The van der Waals surface area contributed by atoms with Crippen LogP contribution in [0, 0.1) is 40.8 Å². The summed E-state index contributed by atoms with van der Waals surface area (Å²) in [5.41, 5.74) is 0. The van der Waals surface area contributed by atoms with E-state index < -0.39 is 0 Å². The minimum absolute atomic E-state index is 0. The molecular weight excluding hydrogens is 414 g/mol. The summed E-state index contributed by atoms with van der Waals surface area (Å²) < 4.78 is 0. The summed E-state index contributed by atoms with van der Waals surface area (Å²) in [5, 5.41) is 0. The fourth-order valence-corrected chi connectivity index (χ4v) is 0. The minimum Gasteiger partial charge on any atom is 0 e. The molecule has 0 bridgehead atoms. The average molecular weight is 416 g/mol. The number of rotatable bonds is 0. The maximum absolute atomic E-state index is 0. The van der Waals surface area contributed by atoms with E-state index in [1.54, 1.807) is 0 Å². The third-order valence-electron chi connectivity index (χ3n) is 0. The summed E-state index contributed by atoms with van der Waals surface area (Å²) in [6.07, 6.45) is 0. The summed E-state index contributed by atoms with van der Waals surface area (Å²) in [4.78, 5) is 0. The molecule has 0 aliphatic rings. The van der Waals surface area contributed by atoms with Crippen LogP contribution in [-0.2, 0) is 78.4 Å². The summed E-state index contributed by atoms with van der Waals surface area (Å²) >= 11 is 0. The molecule has 0 aromatic heterocycles. The smallest absolute Gasteiger partial charge is 0 e. The predicted molar refractivity (Wildman–Crippen MR) is 8.54 cm³/mol. The van der Waals surface area contributed by atoms with Gasteiger partial charge in [-0.3, -0.25) is 0 Å². The molecule has 17 valence electrons. The van der Waals surface area contributed by atoms with Gasteiger partial charge >= 0.3 is 23.1 Å². The van der Waals surface area contributed by atoms with Gasteiger partial charge in [0.2, 0.25) is 0 Å². The molecule has 0 unspecified atom stereocenters. The normalized spacial score (nSPS) is 0. The van der Waals surface area contributed by atoms with Crippen LogP contribution < -0.4 is 0 Å². The van der Waals surface area contributed by atoms with Crippen LogP contribution >= 0.6 is 0 Å². The first-order chi connectivity index (χ1) is 0. The Bertz CT molecular complexity index is 11.6. The first-order valence-corrected chi connectivity index (χ1v) is 0. The van der Waals surface area contributed by atoms with Crippen molar-refractivity contribution in [1.29, 1.82) is 0 Å². The first kappa shape index (κ1) is 33.2. The van der Waals surface area contributed by atoms with Crippen LogP contribution in [0.2, 0.25) is 0 Å². The van der Waals surface area contributed by atoms with E-state index in [0.29, 0.717) is 0 Å². The Kier molecular flexibility index (Phi) is 155. The molecule has 0 heterocycles. The summed E-state index contributed by atoms with van der Waals surface area (Å²) in [5.74, 6) is 0. The Morgan fingerprint density at radius 1 is 1.00 bits per heavy atom. The molecule has 0 fully saturated rings. The third-order valence-corrected chi connectivity index (χ3v) is 0. The maximum atomic E-state index is 0. The van der Waals surface area contributed by atoms with Gasteiger partial charge in [0.1, 0.15) is 0 Å². The molecule has 0 N–H and O–H groups in total. The van der Waals surface area contributed by atoms with E-state index >= 15 is 0 Å². The Morgan fingerprint density at radius 3 is 1.00 bits per heavy atom. The van der Waals surface area contributed by atoms with Crippen LogP contribution in [0.25, 0.3) is 0 Å². The van der Waals surface area contributed by atoms with Gasteiger partial charge in [0.15, 0.2) is 0 Å². The van der Waals surface area contributed by atoms with E-state index in [4.69, 9.17) is 0 Å². The van der Waals surface area contributed by atoms with E-state index in [2.05, 4.69) is 0 Å². The molecule has 0 rings (SSSR count). The first-order valence-electron chi connectivity index (χ1n) is 0. The van der Waals surface area contributed by atoms with Crippen molar-refractivity contribution in [3.8, 4) is 0 Å². The summed E-state index contributed by atoms with van der Waals surface area (Å²) in [6, 6.07) is 0.